The lowest BCUT2D eigenvalue weighted by molar-refractivity contribution is 0.0753. The molecule has 2 N–H and O–H groups in total. The van der Waals surface area contributed by atoms with Crippen molar-refractivity contribution in [2.75, 3.05) is 29.9 Å². The number of hydrogen-bond donors (Lipinski definition) is 2. The predicted octanol–water partition coefficient (Wildman–Crippen LogP) is 5.45. The van der Waals surface area contributed by atoms with Crippen LogP contribution in [0.15, 0.2) is 78.9 Å². The van der Waals surface area contributed by atoms with Gasteiger partial charge in [0.05, 0.1) is 5.56 Å². The Labute approximate surface area is 207 Å². The zero-order valence-corrected chi connectivity index (χ0v) is 20.5. The number of carbonyl (C=O) groups is 2. The predicted molar refractivity (Wildman–Crippen MR) is 142 cm³/mol. The Hall–Kier alpha value is -3.80. The number of nitrogens with one attached hydrogen (secondary N) is 2. The highest BCUT2D eigenvalue weighted by Crippen LogP contribution is 2.26. The first-order valence-electron chi connectivity index (χ1n) is 12.3. The number of para-hydroxylation sites is 1. The molecule has 6 heteroatoms. The average molecular weight is 471 g/mol. The molecule has 0 radical (unpaired) electrons. The molecule has 1 aliphatic heterocycles. The lowest BCUT2D eigenvalue weighted by atomic mass is 10.0. The standard InChI is InChI=1S/C29H34N4O2/c1-3-32(21-23-9-5-4-6-10-23)28(34)26-11-7-8-12-27(26)33-19-17-25(18-20-33)31-29(35)30-24-15-13-22(2)14-16-24/h4-16,25H,3,17-21H2,1-2H3,(H2,30,31,35). The van der Waals surface area contributed by atoms with Gasteiger partial charge >= 0.3 is 6.03 Å². The normalized spacial score (nSPS) is 13.8. The molecule has 1 heterocycles. The Morgan fingerprint density at radius 1 is 0.914 bits per heavy atom. The molecule has 3 aromatic rings. The molecule has 3 aromatic carbocycles. The topological polar surface area (TPSA) is 64.7 Å². The van der Waals surface area contributed by atoms with E-state index >= 15 is 0 Å². The number of benzene rings is 3. The summed E-state index contributed by atoms with van der Waals surface area (Å²) in [6.45, 7) is 6.83. The van der Waals surface area contributed by atoms with Crippen molar-refractivity contribution in [1.82, 2.24) is 10.2 Å². The molecule has 1 fully saturated rings. The zero-order valence-electron chi connectivity index (χ0n) is 20.5. The van der Waals surface area contributed by atoms with Crippen molar-refractivity contribution in [2.24, 2.45) is 0 Å². The Morgan fingerprint density at radius 2 is 1.57 bits per heavy atom. The molecule has 0 atom stereocenters. The van der Waals surface area contributed by atoms with Crippen LogP contribution in [0.25, 0.3) is 0 Å². The number of hydrogen-bond acceptors (Lipinski definition) is 3. The Bertz CT molecular complexity index is 1120. The van der Waals surface area contributed by atoms with E-state index in [9.17, 15) is 9.59 Å². The molecule has 3 amide bonds. The van der Waals surface area contributed by atoms with Gasteiger partial charge in [-0.25, -0.2) is 4.79 Å². The molecule has 0 spiro atoms. The minimum absolute atomic E-state index is 0.0460. The van der Waals surface area contributed by atoms with Crippen LogP contribution < -0.4 is 15.5 Å². The maximum absolute atomic E-state index is 13.5. The van der Waals surface area contributed by atoms with Gasteiger partial charge in [0.15, 0.2) is 0 Å². The molecule has 182 valence electrons. The van der Waals surface area contributed by atoms with E-state index in [1.165, 1.54) is 0 Å². The van der Waals surface area contributed by atoms with E-state index < -0.39 is 0 Å². The lowest BCUT2D eigenvalue weighted by Crippen LogP contribution is -2.46. The molecular weight excluding hydrogens is 436 g/mol. The van der Waals surface area contributed by atoms with Crippen LogP contribution in [-0.4, -0.2) is 42.5 Å². The summed E-state index contributed by atoms with van der Waals surface area (Å²) >= 11 is 0. The summed E-state index contributed by atoms with van der Waals surface area (Å²) in [7, 11) is 0. The highest BCUT2D eigenvalue weighted by Gasteiger charge is 2.25. The van der Waals surface area contributed by atoms with Gasteiger partial charge in [0.25, 0.3) is 5.91 Å². The third kappa shape index (κ3) is 6.41. The minimum Gasteiger partial charge on any atom is -0.371 e. The number of piperidine rings is 1. The fourth-order valence-corrected chi connectivity index (χ4v) is 4.49. The maximum atomic E-state index is 13.5. The van der Waals surface area contributed by atoms with E-state index in [1.807, 2.05) is 85.5 Å². The van der Waals surface area contributed by atoms with Crippen LogP contribution in [0.5, 0.6) is 0 Å². The highest BCUT2D eigenvalue weighted by atomic mass is 16.2. The van der Waals surface area contributed by atoms with Crippen molar-refractivity contribution >= 4 is 23.3 Å². The summed E-state index contributed by atoms with van der Waals surface area (Å²) in [5.41, 5.74) is 4.76. The molecule has 0 aliphatic carbocycles. The van der Waals surface area contributed by atoms with Crippen molar-refractivity contribution in [2.45, 2.75) is 39.3 Å². The van der Waals surface area contributed by atoms with Crippen LogP contribution in [0.1, 0.15) is 41.3 Å². The van der Waals surface area contributed by atoms with Gasteiger partial charge in [0, 0.05) is 43.6 Å². The van der Waals surface area contributed by atoms with Gasteiger partial charge in [-0.05, 0) is 56.5 Å². The lowest BCUT2D eigenvalue weighted by Gasteiger charge is -2.35. The molecule has 0 saturated carbocycles. The SMILES string of the molecule is CCN(Cc1ccccc1)C(=O)c1ccccc1N1CCC(NC(=O)Nc2ccc(C)cc2)CC1. The molecule has 1 aliphatic rings. The largest absolute Gasteiger partial charge is 0.371 e. The van der Waals surface area contributed by atoms with E-state index in [2.05, 4.69) is 27.7 Å². The smallest absolute Gasteiger partial charge is 0.319 e. The second-order valence-electron chi connectivity index (χ2n) is 9.05. The molecule has 6 nitrogen and oxygen atoms in total. The van der Waals surface area contributed by atoms with E-state index in [1.54, 1.807) is 0 Å². The number of rotatable bonds is 7. The summed E-state index contributed by atoms with van der Waals surface area (Å²) in [6.07, 6.45) is 1.65. The van der Waals surface area contributed by atoms with Crippen LogP contribution in [0, 0.1) is 6.92 Å². The molecular formula is C29H34N4O2. The molecule has 4 rings (SSSR count). The fraction of sp³-hybridized carbons (Fsp3) is 0.310. The van der Waals surface area contributed by atoms with Gasteiger partial charge in [0.2, 0.25) is 0 Å². The van der Waals surface area contributed by atoms with Crippen LogP contribution >= 0.6 is 0 Å². The van der Waals surface area contributed by atoms with Crippen molar-refractivity contribution in [1.29, 1.82) is 0 Å². The Kier molecular flexibility index (Phi) is 8.03. The number of urea groups is 1. The quantitative estimate of drug-likeness (QED) is 0.483. The summed E-state index contributed by atoms with van der Waals surface area (Å²) in [5.74, 6) is 0.0460. The number of amides is 3. The molecule has 35 heavy (non-hydrogen) atoms. The maximum Gasteiger partial charge on any atom is 0.319 e. The van der Waals surface area contributed by atoms with Crippen LogP contribution in [0.2, 0.25) is 0 Å². The first-order valence-corrected chi connectivity index (χ1v) is 12.3. The van der Waals surface area contributed by atoms with Gasteiger partial charge in [-0.1, -0.05) is 60.2 Å². The molecule has 1 saturated heterocycles. The molecule has 0 unspecified atom stereocenters. The monoisotopic (exact) mass is 470 g/mol. The van der Waals surface area contributed by atoms with E-state index in [-0.39, 0.29) is 18.0 Å². The van der Waals surface area contributed by atoms with Crippen molar-refractivity contribution in [3.05, 3.63) is 95.6 Å². The van der Waals surface area contributed by atoms with Crippen molar-refractivity contribution in [3.63, 3.8) is 0 Å². The Morgan fingerprint density at radius 3 is 2.26 bits per heavy atom. The third-order valence-electron chi connectivity index (χ3n) is 6.50. The summed E-state index contributed by atoms with van der Waals surface area (Å²) in [6, 6.07) is 25.6. The Balaban J connectivity index is 1.36. The van der Waals surface area contributed by atoms with Crippen molar-refractivity contribution in [3.8, 4) is 0 Å². The first kappa shape index (κ1) is 24.3. The fourth-order valence-electron chi connectivity index (χ4n) is 4.49. The van der Waals surface area contributed by atoms with Crippen LogP contribution in [-0.2, 0) is 6.54 Å². The summed E-state index contributed by atoms with van der Waals surface area (Å²) < 4.78 is 0. The van der Waals surface area contributed by atoms with Gasteiger partial charge in [-0.2, -0.15) is 0 Å². The van der Waals surface area contributed by atoms with E-state index in [0.717, 1.165) is 54.0 Å². The van der Waals surface area contributed by atoms with E-state index in [4.69, 9.17) is 0 Å². The van der Waals surface area contributed by atoms with Gasteiger partial charge in [-0.3, -0.25) is 4.79 Å². The minimum atomic E-state index is -0.178. The number of carbonyl (C=O) groups excluding carboxylic acids is 2. The van der Waals surface area contributed by atoms with Gasteiger partial charge < -0.3 is 20.4 Å². The summed E-state index contributed by atoms with van der Waals surface area (Å²) in [5, 5.41) is 6.00. The second-order valence-corrected chi connectivity index (χ2v) is 9.05. The number of aryl methyl sites for hydroxylation is 1. The molecule has 0 bridgehead atoms. The summed E-state index contributed by atoms with van der Waals surface area (Å²) in [4.78, 5) is 30.1. The first-order chi connectivity index (χ1) is 17.0. The van der Waals surface area contributed by atoms with Crippen LogP contribution in [0.3, 0.4) is 0 Å². The van der Waals surface area contributed by atoms with Crippen LogP contribution in [0.4, 0.5) is 16.2 Å². The number of nitrogens with zero attached hydrogens (tertiary/aromatic N) is 2. The second kappa shape index (κ2) is 11.6. The highest BCUT2D eigenvalue weighted by molar-refractivity contribution is 5.99. The molecule has 0 aromatic heterocycles. The number of anilines is 2. The van der Waals surface area contributed by atoms with E-state index in [0.29, 0.717) is 13.1 Å². The zero-order chi connectivity index (χ0) is 24.6. The van der Waals surface area contributed by atoms with Gasteiger partial charge in [-0.15, -0.1) is 0 Å². The van der Waals surface area contributed by atoms with Crippen molar-refractivity contribution < 1.29 is 9.59 Å². The third-order valence-corrected chi connectivity index (χ3v) is 6.50. The average Bonchev–Trinajstić information content (AvgIpc) is 2.89. The van der Waals surface area contributed by atoms with Gasteiger partial charge in [0.1, 0.15) is 0 Å².